The van der Waals surface area contributed by atoms with Gasteiger partial charge >= 0.3 is 0 Å². The first-order valence-corrected chi connectivity index (χ1v) is 11.2. The van der Waals surface area contributed by atoms with E-state index >= 15 is 0 Å². The lowest BCUT2D eigenvalue weighted by Crippen LogP contribution is -2.11. The van der Waals surface area contributed by atoms with Crippen molar-refractivity contribution in [2.75, 3.05) is 0 Å². The van der Waals surface area contributed by atoms with Gasteiger partial charge in [-0.25, -0.2) is 4.39 Å². The molecule has 2 heterocycles. The fourth-order valence-electron chi connectivity index (χ4n) is 4.01. The number of nitrogens with two attached hydrogens (primary N) is 1. The summed E-state index contributed by atoms with van der Waals surface area (Å²) < 4.78 is 14.5. The number of aliphatic imine (C=N–C) groups is 1. The van der Waals surface area contributed by atoms with Crippen molar-refractivity contribution in [2.45, 2.75) is 19.1 Å². The molecular formula is C25H22FN5S. The zero-order chi connectivity index (χ0) is 22.1. The van der Waals surface area contributed by atoms with Gasteiger partial charge in [0.15, 0.2) is 5.17 Å². The first-order chi connectivity index (χ1) is 15.6. The minimum absolute atomic E-state index is 0.300. The van der Waals surface area contributed by atoms with Crippen LogP contribution in [-0.2, 0) is 6.54 Å². The predicted octanol–water partition coefficient (Wildman–Crippen LogP) is 5.90. The van der Waals surface area contributed by atoms with Gasteiger partial charge in [-0.3, -0.25) is 10.4 Å². The van der Waals surface area contributed by atoms with Gasteiger partial charge in [0.05, 0.1) is 6.54 Å². The third-order valence-electron chi connectivity index (χ3n) is 5.64. The number of amidine groups is 1. The number of thioether (sulfide) groups is 1. The molecule has 0 radical (unpaired) electrons. The van der Waals surface area contributed by atoms with Gasteiger partial charge < -0.3 is 15.7 Å². The second-order valence-electron chi connectivity index (χ2n) is 7.66. The summed E-state index contributed by atoms with van der Waals surface area (Å²) in [5, 5.41) is 11.2. The van der Waals surface area contributed by atoms with Crippen LogP contribution in [0, 0.1) is 5.41 Å². The highest BCUT2D eigenvalue weighted by molar-refractivity contribution is 8.26. The Morgan fingerprint density at radius 2 is 2.03 bits per heavy atom. The minimum atomic E-state index is -1.02. The largest absolute Gasteiger partial charge is 0.378 e. The van der Waals surface area contributed by atoms with E-state index in [9.17, 15) is 4.39 Å². The van der Waals surface area contributed by atoms with Gasteiger partial charge in [-0.1, -0.05) is 36.4 Å². The number of nitrogens with zero attached hydrogens (tertiary/aromatic N) is 1. The molecule has 1 unspecified atom stereocenters. The topological polar surface area (TPSA) is 93.8 Å². The Bertz CT molecular complexity index is 1410. The molecule has 0 bridgehead atoms. The second-order valence-corrected chi connectivity index (χ2v) is 8.69. The maximum atomic E-state index is 14.5. The van der Waals surface area contributed by atoms with Gasteiger partial charge in [0.2, 0.25) is 0 Å². The van der Waals surface area contributed by atoms with Crippen LogP contribution in [-0.4, -0.2) is 26.4 Å². The van der Waals surface area contributed by atoms with E-state index in [1.165, 1.54) is 0 Å². The number of nitrogens with one attached hydrogen (secondary N) is 3. The summed E-state index contributed by atoms with van der Waals surface area (Å²) in [6.45, 7) is 0.446. The molecule has 1 aliphatic rings. The van der Waals surface area contributed by atoms with Gasteiger partial charge in [0, 0.05) is 51.7 Å². The fourth-order valence-corrected chi connectivity index (χ4v) is 4.59. The maximum absolute atomic E-state index is 14.5. The standard InChI is InChI=1S/C25H22FN5S/c26-21-6-2-1-5-18(21)20-14-30-23-9-8-15(12-19(20)23)24(27)32-25(28)31-13-16-4-3-7-22-17(16)10-11-29-22/h1-5,7-12,14,21,27,29-30H,6,13H2,(H2,28,31). The van der Waals surface area contributed by atoms with E-state index in [0.29, 0.717) is 28.8 Å². The van der Waals surface area contributed by atoms with Crippen LogP contribution in [0.2, 0.25) is 0 Å². The lowest BCUT2D eigenvalue weighted by Gasteiger charge is -2.13. The number of allylic oxidation sites excluding steroid dienone is 4. The SMILES string of the molecule is N=C(SC(N)=NCc1cccc2[nH]ccc12)c1ccc2[nH]cc(C3=CC=CCC3F)c2c1. The third-order valence-corrected chi connectivity index (χ3v) is 6.42. The van der Waals surface area contributed by atoms with Crippen LogP contribution >= 0.6 is 11.8 Å². The fraction of sp³-hybridized carbons (Fsp3) is 0.120. The van der Waals surface area contributed by atoms with Crippen molar-refractivity contribution >= 4 is 49.4 Å². The number of rotatable bonds is 4. The molecule has 5 rings (SSSR count). The Hall–Kier alpha value is -3.58. The second kappa shape index (κ2) is 8.51. The highest BCUT2D eigenvalue weighted by Crippen LogP contribution is 2.33. The number of aromatic amines is 2. The van der Waals surface area contributed by atoms with Gasteiger partial charge in [0.1, 0.15) is 11.2 Å². The molecule has 1 atom stereocenters. The van der Waals surface area contributed by atoms with Crippen molar-refractivity contribution in [3.05, 3.63) is 89.8 Å². The van der Waals surface area contributed by atoms with E-state index in [1.807, 2.05) is 73.1 Å². The van der Waals surface area contributed by atoms with Crippen LogP contribution < -0.4 is 5.73 Å². The van der Waals surface area contributed by atoms with E-state index in [2.05, 4.69) is 15.0 Å². The molecule has 2 aromatic heterocycles. The minimum Gasteiger partial charge on any atom is -0.378 e. The Morgan fingerprint density at radius 1 is 1.16 bits per heavy atom. The maximum Gasteiger partial charge on any atom is 0.160 e. The van der Waals surface area contributed by atoms with E-state index in [4.69, 9.17) is 11.1 Å². The van der Waals surface area contributed by atoms with Crippen molar-refractivity contribution in [3.63, 3.8) is 0 Å². The number of aromatic nitrogens is 2. The number of hydrogen-bond donors (Lipinski definition) is 4. The summed E-state index contributed by atoms with van der Waals surface area (Å²) in [5.41, 5.74) is 11.4. The van der Waals surface area contributed by atoms with Crippen LogP contribution in [0.1, 0.15) is 23.1 Å². The molecule has 7 heteroatoms. The lowest BCUT2D eigenvalue weighted by atomic mass is 9.95. The summed E-state index contributed by atoms with van der Waals surface area (Å²) in [4.78, 5) is 10.9. The summed E-state index contributed by atoms with van der Waals surface area (Å²) in [6.07, 6.45) is 8.63. The predicted molar refractivity (Wildman–Crippen MR) is 133 cm³/mol. The molecule has 2 aromatic carbocycles. The number of fused-ring (bicyclic) bond motifs is 2. The molecule has 0 aliphatic heterocycles. The molecular weight excluding hydrogens is 421 g/mol. The zero-order valence-electron chi connectivity index (χ0n) is 17.2. The summed E-state index contributed by atoms with van der Waals surface area (Å²) in [6, 6.07) is 13.7. The number of halogens is 1. The van der Waals surface area contributed by atoms with E-state index < -0.39 is 6.17 Å². The molecule has 0 fully saturated rings. The zero-order valence-corrected chi connectivity index (χ0v) is 18.0. The van der Waals surface area contributed by atoms with Crippen molar-refractivity contribution in [1.29, 1.82) is 5.41 Å². The van der Waals surface area contributed by atoms with E-state index in [-0.39, 0.29) is 0 Å². The van der Waals surface area contributed by atoms with Crippen LogP contribution in [0.3, 0.4) is 0 Å². The Balaban J connectivity index is 1.36. The van der Waals surface area contributed by atoms with E-state index in [0.717, 1.165) is 50.3 Å². The van der Waals surface area contributed by atoms with Gasteiger partial charge in [0.25, 0.3) is 0 Å². The number of alkyl halides is 1. The Kier molecular flexibility index (Phi) is 5.41. The monoisotopic (exact) mass is 443 g/mol. The number of hydrogen-bond acceptors (Lipinski definition) is 3. The van der Waals surface area contributed by atoms with Crippen LogP contribution in [0.15, 0.2) is 78.1 Å². The van der Waals surface area contributed by atoms with Gasteiger partial charge in [-0.2, -0.15) is 0 Å². The van der Waals surface area contributed by atoms with Crippen molar-refractivity contribution < 1.29 is 4.39 Å². The van der Waals surface area contributed by atoms with Crippen LogP contribution in [0.5, 0.6) is 0 Å². The normalized spacial score (nSPS) is 16.6. The van der Waals surface area contributed by atoms with Gasteiger partial charge in [-0.05, 0) is 47.2 Å². The van der Waals surface area contributed by atoms with Crippen molar-refractivity contribution in [2.24, 2.45) is 10.7 Å². The number of benzene rings is 2. The highest BCUT2D eigenvalue weighted by atomic mass is 32.2. The average molecular weight is 444 g/mol. The van der Waals surface area contributed by atoms with E-state index in [1.54, 1.807) is 0 Å². The van der Waals surface area contributed by atoms with Crippen LogP contribution in [0.25, 0.3) is 27.4 Å². The Labute approximate surface area is 188 Å². The average Bonchev–Trinajstić information content (AvgIpc) is 3.45. The van der Waals surface area contributed by atoms with Gasteiger partial charge in [-0.15, -0.1) is 0 Å². The molecule has 160 valence electrons. The Morgan fingerprint density at radius 3 is 2.91 bits per heavy atom. The summed E-state index contributed by atoms with van der Waals surface area (Å²) >= 11 is 1.13. The first-order valence-electron chi connectivity index (χ1n) is 10.3. The summed E-state index contributed by atoms with van der Waals surface area (Å²) in [7, 11) is 0. The molecule has 0 saturated heterocycles. The molecule has 5 nitrogen and oxygen atoms in total. The molecule has 4 aromatic rings. The van der Waals surface area contributed by atoms with Crippen molar-refractivity contribution in [3.8, 4) is 0 Å². The van der Waals surface area contributed by atoms with Crippen LogP contribution in [0.4, 0.5) is 4.39 Å². The molecule has 0 spiro atoms. The summed E-state index contributed by atoms with van der Waals surface area (Å²) in [5.74, 6) is 0. The molecule has 5 N–H and O–H groups in total. The molecule has 1 aliphatic carbocycles. The number of H-pyrrole nitrogens is 2. The third kappa shape index (κ3) is 3.87. The molecule has 0 saturated carbocycles. The van der Waals surface area contributed by atoms with Crippen molar-refractivity contribution in [1.82, 2.24) is 9.97 Å². The molecule has 0 amide bonds. The lowest BCUT2D eigenvalue weighted by molar-refractivity contribution is 0.414. The highest BCUT2D eigenvalue weighted by Gasteiger charge is 2.19. The smallest absolute Gasteiger partial charge is 0.160 e. The quantitative estimate of drug-likeness (QED) is 0.233. The first kappa shape index (κ1) is 20.3. The molecule has 32 heavy (non-hydrogen) atoms.